The molecule has 0 aromatic heterocycles. The number of hydrogen-bond acceptors (Lipinski definition) is 4. The van der Waals surface area contributed by atoms with E-state index in [1.54, 1.807) is 35.2 Å². The molecule has 0 spiro atoms. The van der Waals surface area contributed by atoms with Gasteiger partial charge in [0.05, 0.1) is 4.90 Å². The van der Waals surface area contributed by atoms with E-state index in [9.17, 15) is 13.2 Å². The molecule has 1 aliphatic heterocycles. The van der Waals surface area contributed by atoms with E-state index < -0.39 is 10.0 Å². The Morgan fingerprint density at radius 3 is 1.84 bits per heavy atom. The molecule has 1 saturated heterocycles. The highest BCUT2D eigenvalue weighted by Crippen LogP contribution is 2.37. The molecule has 160 valence electrons. The average molecular weight is 453 g/mol. The van der Waals surface area contributed by atoms with Crippen molar-refractivity contribution in [3.63, 3.8) is 0 Å². The summed E-state index contributed by atoms with van der Waals surface area (Å²) in [7, 11) is -3.54. The topological polar surface area (TPSA) is 57.7 Å². The zero-order valence-electron chi connectivity index (χ0n) is 17.0. The standard InChI is InChI=1S/C24H24N2O3S2/c27-24(23(20-10-4-1-5-11-20)30-21-12-6-2-7-13-21)25-16-18-26(19-17-25)31(28,29)22-14-8-3-9-15-22/h1-15,23H,16-19H2. The monoisotopic (exact) mass is 452 g/mol. The minimum Gasteiger partial charge on any atom is -0.339 e. The second-order valence-electron chi connectivity index (χ2n) is 7.26. The predicted octanol–water partition coefficient (Wildman–Crippen LogP) is 4.05. The zero-order valence-corrected chi connectivity index (χ0v) is 18.6. The number of piperazine rings is 1. The van der Waals surface area contributed by atoms with Crippen LogP contribution >= 0.6 is 11.8 Å². The number of sulfonamides is 1. The maximum Gasteiger partial charge on any atom is 0.243 e. The summed E-state index contributed by atoms with van der Waals surface area (Å²) >= 11 is 1.52. The van der Waals surface area contributed by atoms with E-state index in [0.717, 1.165) is 10.5 Å². The number of carbonyl (C=O) groups is 1. The molecular formula is C24H24N2O3S2. The first-order valence-corrected chi connectivity index (χ1v) is 12.5. The number of benzene rings is 3. The number of amides is 1. The van der Waals surface area contributed by atoms with Crippen molar-refractivity contribution in [1.29, 1.82) is 0 Å². The van der Waals surface area contributed by atoms with Gasteiger partial charge >= 0.3 is 0 Å². The Kier molecular flexibility index (Phi) is 6.75. The van der Waals surface area contributed by atoms with Crippen molar-refractivity contribution in [2.45, 2.75) is 15.0 Å². The Labute approximate surface area is 187 Å². The first-order chi connectivity index (χ1) is 15.1. The van der Waals surface area contributed by atoms with E-state index in [-0.39, 0.29) is 16.1 Å². The summed E-state index contributed by atoms with van der Waals surface area (Å²) in [5.41, 5.74) is 0.945. The third kappa shape index (κ3) is 5.01. The average Bonchev–Trinajstić information content (AvgIpc) is 2.84. The number of thioether (sulfide) groups is 1. The van der Waals surface area contributed by atoms with Gasteiger partial charge in [-0.3, -0.25) is 4.79 Å². The summed E-state index contributed by atoms with van der Waals surface area (Å²) in [5, 5.41) is -0.374. The molecule has 5 nitrogen and oxygen atoms in total. The normalized spacial score (nSPS) is 16.1. The van der Waals surface area contributed by atoms with Crippen molar-refractivity contribution < 1.29 is 13.2 Å². The van der Waals surface area contributed by atoms with Crippen LogP contribution in [0.5, 0.6) is 0 Å². The Hall–Kier alpha value is -2.61. The molecule has 0 N–H and O–H groups in total. The molecule has 1 fully saturated rings. The molecule has 0 radical (unpaired) electrons. The summed E-state index contributed by atoms with van der Waals surface area (Å²) < 4.78 is 27.2. The van der Waals surface area contributed by atoms with Crippen LogP contribution in [0.2, 0.25) is 0 Å². The molecule has 3 aromatic rings. The minimum atomic E-state index is -3.54. The number of hydrogen-bond donors (Lipinski definition) is 0. The maximum absolute atomic E-state index is 13.5. The highest BCUT2D eigenvalue weighted by Gasteiger charge is 2.33. The quantitative estimate of drug-likeness (QED) is 0.530. The van der Waals surface area contributed by atoms with E-state index in [1.165, 1.54) is 16.1 Å². The third-order valence-electron chi connectivity index (χ3n) is 5.26. The molecule has 1 aliphatic rings. The summed E-state index contributed by atoms with van der Waals surface area (Å²) in [6.07, 6.45) is 0. The summed E-state index contributed by atoms with van der Waals surface area (Å²) in [6, 6.07) is 28.1. The molecule has 0 aliphatic carbocycles. The molecule has 1 heterocycles. The van der Waals surface area contributed by atoms with Gasteiger partial charge in [0.2, 0.25) is 15.9 Å². The van der Waals surface area contributed by atoms with Crippen molar-refractivity contribution >= 4 is 27.7 Å². The van der Waals surface area contributed by atoms with Crippen LogP contribution in [0.4, 0.5) is 0 Å². The van der Waals surface area contributed by atoms with Crippen molar-refractivity contribution in [3.05, 3.63) is 96.6 Å². The lowest BCUT2D eigenvalue weighted by molar-refractivity contribution is -0.131. The SMILES string of the molecule is O=C(C(Sc1ccccc1)c1ccccc1)N1CCN(S(=O)(=O)c2ccccc2)CC1. The van der Waals surface area contributed by atoms with E-state index in [1.807, 2.05) is 60.7 Å². The molecular weight excluding hydrogens is 428 g/mol. The highest BCUT2D eigenvalue weighted by atomic mass is 32.2. The van der Waals surface area contributed by atoms with Gasteiger partial charge in [-0.15, -0.1) is 11.8 Å². The van der Waals surface area contributed by atoms with Crippen molar-refractivity contribution in [1.82, 2.24) is 9.21 Å². The maximum atomic E-state index is 13.5. The van der Waals surface area contributed by atoms with Gasteiger partial charge in [0, 0.05) is 31.1 Å². The molecule has 1 atom stereocenters. The van der Waals surface area contributed by atoms with Crippen LogP contribution in [0.1, 0.15) is 10.8 Å². The van der Waals surface area contributed by atoms with Gasteiger partial charge in [-0.1, -0.05) is 66.7 Å². The number of rotatable bonds is 6. The van der Waals surface area contributed by atoms with Gasteiger partial charge in [0.25, 0.3) is 0 Å². The van der Waals surface area contributed by atoms with E-state index >= 15 is 0 Å². The summed E-state index contributed by atoms with van der Waals surface area (Å²) in [5.74, 6) is 0.0109. The van der Waals surface area contributed by atoms with Crippen LogP contribution in [0.25, 0.3) is 0 Å². The molecule has 3 aromatic carbocycles. The lowest BCUT2D eigenvalue weighted by Crippen LogP contribution is -2.51. The minimum absolute atomic E-state index is 0.0109. The van der Waals surface area contributed by atoms with Crippen LogP contribution in [0.3, 0.4) is 0 Å². The molecule has 1 unspecified atom stereocenters. The Morgan fingerprint density at radius 2 is 1.26 bits per heavy atom. The summed E-state index contributed by atoms with van der Waals surface area (Å²) in [6.45, 7) is 1.34. The van der Waals surface area contributed by atoms with Gasteiger partial charge in [-0.05, 0) is 29.8 Å². The van der Waals surface area contributed by atoms with Crippen LogP contribution in [-0.2, 0) is 14.8 Å². The fraction of sp³-hybridized carbons (Fsp3) is 0.208. The molecule has 1 amide bonds. The smallest absolute Gasteiger partial charge is 0.243 e. The van der Waals surface area contributed by atoms with Crippen molar-refractivity contribution in [2.24, 2.45) is 0 Å². The molecule has 0 saturated carbocycles. The van der Waals surface area contributed by atoms with E-state index in [4.69, 9.17) is 0 Å². The van der Waals surface area contributed by atoms with E-state index in [2.05, 4.69) is 0 Å². The lowest BCUT2D eigenvalue weighted by atomic mass is 10.1. The van der Waals surface area contributed by atoms with Crippen LogP contribution < -0.4 is 0 Å². The van der Waals surface area contributed by atoms with Crippen LogP contribution in [-0.4, -0.2) is 49.7 Å². The van der Waals surface area contributed by atoms with Gasteiger partial charge in [-0.2, -0.15) is 4.31 Å². The number of nitrogens with zero attached hydrogens (tertiary/aromatic N) is 2. The zero-order chi connectivity index (χ0) is 21.7. The Balaban J connectivity index is 1.49. The van der Waals surface area contributed by atoms with Crippen molar-refractivity contribution in [2.75, 3.05) is 26.2 Å². The third-order valence-corrected chi connectivity index (χ3v) is 8.42. The second kappa shape index (κ2) is 9.68. The predicted molar refractivity (Wildman–Crippen MR) is 123 cm³/mol. The van der Waals surface area contributed by atoms with Gasteiger partial charge in [0.15, 0.2) is 0 Å². The fourth-order valence-corrected chi connectivity index (χ4v) is 6.15. The first kappa shape index (κ1) is 21.6. The fourth-order valence-electron chi connectivity index (χ4n) is 3.58. The lowest BCUT2D eigenvalue weighted by Gasteiger charge is -2.35. The Morgan fingerprint density at radius 1 is 0.742 bits per heavy atom. The largest absolute Gasteiger partial charge is 0.339 e. The van der Waals surface area contributed by atoms with Crippen LogP contribution in [0, 0.1) is 0 Å². The van der Waals surface area contributed by atoms with Gasteiger partial charge in [-0.25, -0.2) is 8.42 Å². The van der Waals surface area contributed by atoms with Crippen LogP contribution in [0.15, 0.2) is 101 Å². The van der Waals surface area contributed by atoms with Crippen molar-refractivity contribution in [3.8, 4) is 0 Å². The second-order valence-corrected chi connectivity index (χ2v) is 10.4. The first-order valence-electron chi connectivity index (χ1n) is 10.2. The van der Waals surface area contributed by atoms with E-state index in [0.29, 0.717) is 26.2 Å². The molecule has 4 rings (SSSR count). The molecule has 0 bridgehead atoms. The summed E-state index contributed by atoms with van der Waals surface area (Å²) in [4.78, 5) is 16.6. The van der Waals surface area contributed by atoms with Gasteiger partial charge < -0.3 is 4.90 Å². The Bertz CT molecular complexity index is 1100. The molecule has 7 heteroatoms. The highest BCUT2D eigenvalue weighted by molar-refractivity contribution is 8.00. The van der Waals surface area contributed by atoms with Gasteiger partial charge in [0.1, 0.15) is 5.25 Å². The molecule has 31 heavy (non-hydrogen) atoms. The number of carbonyl (C=O) groups excluding carboxylic acids is 1.